The summed E-state index contributed by atoms with van der Waals surface area (Å²) >= 11 is 0. The summed E-state index contributed by atoms with van der Waals surface area (Å²) in [5.74, 6) is 0.661. The van der Waals surface area contributed by atoms with Gasteiger partial charge in [0.15, 0.2) is 5.78 Å². The summed E-state index contributed by atoms with van der Waals surface area (Å²) in [7, 11) is 1.78. The maximum absolute atomic E-state index is 11.8. The highest BCUT2D eigenvalue weighted by Crippen LogP contribution is 2.24. The largest absolute Gasteiger partial charge is 0.487 e. The van der Waals surface area contributed by atoms with Gasteiger partial charge in [0, 0.05) is 13.1 Å². The number of rotatable bonds is 1. The third kappa shape index (κ3) is 1.86. The molecule has 0 saturated carbocycles. The van der Waals surface area contributed by atoms with Crippen LogP contribution in [0.4, 0.5) is 0 Å². The molecule has 1 aliphatic rings. The van der Waals surface area contributed by atoms with Crippen molar-refractivity contribution in [1.29, 1.82) is 0 Å². The first kappa shape index (κ1) is 9.77. The maximum atomic E-state index is 11.8. The van der Waals surface area contributed by atoms with Crippen molar-refractivity contribution in [3.8, 4) is 5.75 Å². The second-order valence-corrected chi connectivity index (χ2v) is 3.57. The Labute approximate surface area is 88.8 Å². The van der Waals surface area contributed by atoms with E-state index in [1.54, 1.807) is 13.1 Å². The van der Waals surface area contributed by atoms with E-state index in [1.807, 2.05) is 25.1 Å². The number of nitrogens with one attached hydrogen (secondary N) is 1. The molecule has 1 aromatic rings. The van der Waals surface area contributed by atoms with Crippen LogP contribution in [0.25, 0.3) is 0 Å². The van der Waals surface area contributed by atoms with Crippen LogP contribution in [0, 0.1) is 6.92 Å². The lowest BCUT2D eigenvalue weighted by Crippen LogP contribution is -2.13. The Hall–Kier alpha value is -1.77. The number of aryl methyl sites for hydroxylation is 1. The minimum atomic E-state index is -0.00755. The van der Waals surface area contributed by atoms with Gasteiger partial charge in [-0.3, -0.25) is 4.79 Å². The molecule has 1 N–H and O–H groups in total. The average Bonchev–Trinajstić information content (AvgIpc) is 2.38. The minimum Gasteiger partial charge on any atom is -0.487 e. The number of ketones is 1. The number of hydrogen-bond acceptors (Lipinski definition) is 3. The first-order valence-corrected chi connectivity index (χ1v) is 4.87. The zero-order valence-corrected chi connectivity index (χ0v) is 8.83. The molecule has 2 rings (SSSR count). The number of allylic oxidation sites excluding steroid dienone is 1. The Morgan fingerprint density at radius 2 is 2.20 bits per heavy atom. The van der Waals surface area contributed by atoms with Gasteiger partial charge in [-0.15, -0.1) is 0 Å². The van der Waals surface area contributed by atoms with Gasteiger partial charge >= 0.3 is 0 Å². The van der Waals surface area contributed by atoms with E-state index in [-0.39, 0.29) is 5.78 Å². The van der Waals surface area contributed by atoms with Crippen LogP contribution in [0.5, 0.6) is 5.75 Å². The van der Waals surface area contributed by atoms with Crippen LogP contribution < -0.4 is 10.1 Å². The van der Waals surface area contributed by atoms with E-state index in [4.69, 9.17) is 4.74 Å². The summed E-state index contributed by atoms with van der Waals surface area (Å²) < 4.78 is 5.55. The summed E-state index contributed by atoms with van der Waals surface area (Å²) in [6, 6.07) is 5.61. The van der Waals surface area contributed by atoms with Crippen molar-refractivity contribution < 1.29 is 9.53 Å². The van der Waals surface area contributed by atoms with Crippen LogP contribution in [0.3, 0.4) is 0 Å². The van der Waals surface area contributed by atoms with Crippen LogP contribution >= 0.6 is 0 Å². The van der Waals surface area contributed by atoms with Crippen LogP contribution in [0.1, 0.15) is 15.9 Å². The predicted octanol–water partition coefficient (Wildman–Crippen LogP) is 1.67. The first-order chi connectivity index (χ1) is 7.20. The van der Waals surface area contributed by atoms with Crippen molar-refractivity contribution in [2.45, 2.75) is 6.92 Å². The first-order valence-electron chi connectivity index (χ1n) is 4.87. The zero-order valence-electron chi connectivity index (χ0n) is 8.83. The molecule has 0 atom stereocenters. The highest BCUT2D eigenvalue weighted by atomic mass is 16.5. The summed E-state index contributed by atoms with van der Waals surface area (Å²) in [6.45, 7) is 2.39. The van der Waals surface area contributed by atoms with Crippen molar-refractivity contribution in [3.63, 3.8) is 0 Å². The quantitative estimate of drug-likeness (QED) is 0.754. The van der Waals surface area contributed by atoms with Crippen molar-refractivity contribution >= 4 is 5.78 Å². The van der Waals surface area contributed by atoms with Crippen molar-refractivity contribution in [3.05, 3.63) is 41.1 Å². The summed E-state index contributed by atoms with van der Waals surface area (Å²) in [6.07, 6.45) is 1.58. The summed E-state index contributed by atoms with van der Waals surface area (Å²) in [4.78, 5) is 11.8. The predicted molar refractivity (Wildman–Crippen MR) is 58.1 cm³/mol. The van der Waals surface area contributed by atoms with Gasteiger partial charge in [0.05, 0.1) is 11.3 Å². The maximum Gasteiger partial charge on any atom is 0.191 e. The highest BCUT2D eigenvalue weighted by Gasteiger charge is 2.15. The monoisotopic (exact) mass is 203 g/mol. The third-order valence-corrected chi connectivity index (χ3v) is 2.41. The highest BCUT2D eigenvalue weighted by molar-refractivity contribution is 6.07. The van der Waals surface area contributed by atoms with E-state index in [1.165, 1.54) is 0 Å². The van der Waals surface area contributed by atoms with Crippen LogP contribution in [-0.2, 0) is 0 Å². The normalized spacial score (nSPS) is 14.8. The third-order valence-electron chi connectivity index (χ3n) is 2.41. The molecule has 1 aliphatic heterocycles. The van der Waals surface area contributed by atoms with Crippen molar-refractivity contribution in [1.82, 2.24) is 5.32 Å². The van der Waals surface area contributed by atoms with Crippen LogP contribution in [-0.4, -0.2) is 19.4 Å². The number of carbonyl (C=O) groups excluding carboxylic acids is 1. The van der Waals surface area contributed by atoms with Gasteiger partial charge in [-0.25, -0.2) is 0 Å². The molecule has 0 aromatic heterocycles. The lowest BCUT2D eigenvalue weighted by Gasteiger charge is -2.08. The van der Waals surface area contributed by atoms with E-state index in [9.17, 15) is 4.79 Å². The molecule has 0 aliphatic carbocycles. The SMILES string of the molecule is CNC1=CC(=O)c2ccc(C)cc2OC1. The Kier molecular flexibility index (Phi) is 2.46. The van der Waals surface area contributed by atoms with E-state index < -0.39 is 0 Å². The second kappa shape index (κ2) is 3.77. The molecule has 1 heterocycles. The molecule has 15 heavy (non-hydrogen) atoms. The standard InChI is InChI=1S/C12H13NO2/c1-8-3-4-10-11(14)6-9(13-2)7-15-12(10)5-8/h3-6,13H,7H2,1-2H3. The van der Waals surface area contributed by atoms with Crippen LogP contribution in [0.2, 0.25) is 0 Å². The fourth-order valence-corrected chi connectivity index (χ4v) is 1.53. The molecule has 78 valence electrons. The van der Waals surface area contributed by atoms with E-state index in [2.05, 4.69) is 5.32 Å². The fraction of sp³-hybridized carbons (Fsp3) is 0.250. The lowest BCUT2D eigenvalue weighted by molar-refractivity contribution is 0.104. The second-order valence-electron chi connectivity index (χ2n) is 3.57. The number of ether oxygens (including phenoxy) is 1. The van der Waals surface area contributed by atoms with E-state index in [0.717, 1.165) is 11.3 Å². The minimum absolute atomic E-state index is 0.00755. The molecule has 0 radical (unpaired) electrons. The van der Waals surface area contributed by atoms with Gasteiger partial charge in [0.2, 0.25) is 0 Å². The van der Waals surface area contributed by atoms with Gasteiger partial charge < -0.3 is 10.1 Å². The molecule has 3 nitrogen and oxygen atoms in total. The van der Waals surface area contributed by atoms with Gasteiger partial charge in [-0.1, -0.05) is 6.07 Å². The average molecular weight is 203 g/mol. The van der Waals surface area contributed by atoms with E-state index in [0.29, 0.717) is 17.9 Å². The Balaban J connectivity index is 2.44. The van der Waals surface area contributed by atoms with Gasteiger partial charge in [0.1, 0.15) is 12.4 Å². The smallest absolute Gasteiger partial charge is 0.191 e. The molecular formula is C12H13NO2. The van der Waals surface area contributed by atoms with Crippen LogP contribution in [0.15, 0.2) is 30.0 Å². The molecule has 0 bridgehead atoms. The summed E-state index contributed by atoms with van der Waals surface area (Å²) in [5, 5.41) is 2.94. The molecule has 3 heteroatoms. The van der Waals surface area contributed by atoms with E-state index >= 15 is 0 Å². The Bertz CT molecular complexity index is 435. The number of benzene rings is 1. The molecule has 0 saturated heterocycles. The molecular weight excluding hydrogens is 190 g/mol. The van der Waals surface area contributed by atoms with Crippen molar-refractivity contribution in [2.75, 3.05) is 13.7 Å². The molecule has 0 amide bonds. The molecule has 0 unspecified atom stereocenters. The van der Waals surface area contributed by atoms with Gasteiger partial charge in [-0.2, -0.15) is 0 Å². The van der Waals surface area contributed by atoms with Gasteiger partial charge in [0.25, 0.3) is 0 Å². The molecule has 0 fully saturated rings. The fourth-order valence-electron chi connectivity index (χ4n) is 1.53. The van der Waals surface area contributed by atoms with Crippen molar-refractivity contribution in [2.24, 2.45) is 0 Å². The number of likely N-dealkylation sites (N-methyl/N-ethyl adjacent to an activating group) is 1. The topological polar surface area (TPSA) is 38.3 Å². The Morgan fingerprint density at radius 1 is 1.40 bits per heavy atom. The summed E-state index contributed by atoms with van der Waals surface area (Å²) in [5.41, 5.74) is 2.52. The molecule has 0 spiro atoms. The number of carbonyl (C=O) groups is 1. The lowest BCUT2D eigenvalue weighted by atomic mass is 10.1. The number of fused-ring (bicyclic) bond motifs is 1. The molecule has 1 aromatic carbocycles. The Morgan fingerprint density at radius 3 is 2.93 bits per heavy atom. The zero-order chi connectivity index (χ0) is 10.8. The van der Waals surface area contributed by atoms with Gasteiger partial charge in [-0.05, 0) is 24.6 Å². The number of hydrogen-bond donors (Lipinski definition) is 1.